The molecule has 3 aromatic carbocycles. The molecule has 0 saturated heterocycles. The fourth-order valence-electron chi connectivity index (χ4n) is 6.37. The van der Waals surface area contributed by atoms with E-state index in [0.29, 0.717) is 41.6 Å². The summed E-state index contributed by atoms with van der Waals surface area (Å²) in [6.07, 6.45) is 8.41. The van der Waals surface area contributed by atoms with Crippen LogP contribution in [0.1, 0.15) is 72.9 Å². The Bertz CT molecular complexity index is 1990. The van der Waals surface area contributed by atoms with Gasteiger partial charge < -0.3 is 15.3 Å². The van der Waals surface area contributed by atoms with Crippen LogP contribution >= 0.6 is 11.6 Å². The molecule has 0 radical (unpaired) electrons. The Morgan fingerprint density at radius 3 is 2.70 bits per heavy atom. The minimum atomic E-state index is -0.348. The molecule has 47 heavy (non-hydrogen) atoms. The quantitative estimate of drug-likeness (QED) is 0.119. The van der Waals surface area contributed by atoms with Crippen LogP contribution in [0.3, 0.4) is 0 Å². The summed E-state index contributed by atoms with van der Waals surface area (Å²) in [5.74, 6) is -0.161. The van der Waals surface area contributed by atoms with Crippen LogP contribution < -0.4 is 10.0 Å². The Balaban J connectivity index is 1.25. The molecule has 2 bridgehead atoms. The Morgan fingerprint density at radius 1 is 1.02 bits per heavy atom. The van der Waals surface area contributed by atoms with E-state index in [4.69, 9.17) is 16.3 Å². The fraction of sp³-hybridized carbons (Fsp3) is 0.270. The molecule has 1 saturated carbocycles. The number of anilines is 1. The molecule has 1 amide bonds. The molecule has 0 unspecified atom stereocenters. The minimum Gasteiger partial charge on any atom is -0.618 e. The van der Waals surface area contributed by atoms with E-state index in [1.54, 1.807) is 10.9 Å². The zero-order valence-corrected chi connectivity index (χ0v) is 26.7. The normalized spacial score (nSPS) is 16.4. The molecular weight excluding hydrogens is 614 g/mol. The second-order valence-electron chi connectivity index (χ2n) is 12.3. The smallest absolute Gasteiger partial charge is 0.309 e. The molecular formula is C37H34ClN5O4. The third kappa shape index (κ3) is 6.62. The third-order valence-electron chi connectivity index (χ3n) is 9.01. The number of esters is 1. The van der Waals surface area contributed by atoms with Crippen LogP contribution in [0, 0.1) is 5.21 Å². The number of pyridine rings is 1. The lowest BCUT2D eigenvalue weighted by Gasteiger charge is -2.20. The zero-order chi connectivity index (χ0) is 32.5. The molecule has 3 heterocycles. The van der Waals surface area contributed by atoms with Crippen LogP contribution in [0.15, 0.2) is 85.2 Å². The van der Waals surface area contributed by atoms with Crippen LogP contribution in [-0.2, 0) is 20.7 Å². The summed E-state index contributed by atoms with van der Waals surface area (Å²) in [7, 11) is 1.36. The van der Waals surface area contributed by atoms with Crippen molar-refractivity contribution in [1.82, 2.24) is 15.0 Å². The van der Waals surface area contributed by atoms with Crippen LogP contribution in [0.4, 0.5) is 5.69 Å². The number of carbonyl (C=O) groups is 2. The molecule has 238 valence electrons. The van der Waals surface area contributed by atoms with Gasteiger partial charge in [-0.15, -0.1) is 5.10 Å². The van der Waals surface area contributed by atoms with Gasteiger partial charge in [-0.3, -0.25) is 9.59 Å². The SMILES string of the molecule is COC(=O)Cc1ccc2c(c1)NC(=O)CCCC[C@H](c1ccc(-c3cc(Cl)ccc3-n3cc(C4CC4)nn3)c[n+]1[O-])c1cccc-2c1. The van der Waals surface area contributed by atoms with Gasteiger partial charge >= 0.3 is 5.97 Å². The summed E-state index contributed by atoms with van der Waals surface area (Å²) in [6, 6.07) is 23.2. The van der Waals surface area contributed by atoms with E-state index in [0.717, 1.165) is 68.8 Å². The number of hydrogen-bond donors (Lipinski definition) is 1. The number of nitrogens with one attached hydrogen (secondary N) is 1. The van der Waals surface area contributed by atoms with Gasteiger partial charge in [-0.25, -0.2) is 4.68 Å². The van der Waals surface area contributed by atoms with Gasteiger partial charge in [-0.05, 0) is 72.7 Å². The highest BCUT2D eigenvalue weighted by molar-refractivity contribution is 6.31. The molecule has 9 nitrogen and oxygen atoms in total. The number of aromatic nitrogens is 4. The van der Waals surface area contributed by atoms with Gasteiger partial charge in [0.2, 0.25) is 5.91 Å². The first-order valence-corrected chi connectivity index (χ1v) is 16.3. The predicted molar refractivity (Wildman–Crippen MR) is 179 cm³/mol. The van der Waals surface area contributed by atoms with Crippen molar-refractivity contribution in [2.45, 2.75) is 56.8 Å². The summed E-state index contributed by atoms with van der Waals surface area (Å²) in [4.78, 5) is 24.9. The molecule has 0 spiro atoms. The minimum absolute atomic E-state index is 0.0908. The lowest BCUT2D eigenvalue weighted by Crippen LogP contribution is -2.33. The Kier molecular flexibility index (Phi) is 8.47. The lowest BCUT2D eigenvalue weighted by molar-refractivity contribution is -0.614. The number of halogens is 1. The highest BCUT2D eigenvalue weighted by atomic mass is 35.5. The van der Waals surface area contributed by atoms with E-state index in [-0.39, 0.29) is 24.2 Å². The van der Waals surface area contributed by atoms with Crippen molar-refractivity contribution >= 4 is 29.2 Å². The van der Waals surface area contributed by atoms with Crippen molar-refractivity contribution in [2.24, 2.45) is 0 Å². The van der Waals surface area contributed by atoms with Crippen LogP contribution in [0.5, 0.6) is 0 Å². The van der Waals surface area contributed by atoms with E-state index >= 15 is 0 Å². The lowest BCUT2D eigenvalue weighted by atomic mass is 9.87. The van der Waals surface area contributed by atoms with E-state index in [1.807, 2.05) is 66.9 Å². The average molecular weight is 648 g/mol. The summed E-state index contributed by atoms with van der Waals surface area (Å²) in [5.41, 5.74) is 8.06. The molecule has 5 aromatic rings. The third-order valence-corrected chi connectivity index (χ3v) is 9.24. The Labute approximate surface area is 277 Å². The number of rotatable bonds is 6. The first kappa shape index (κ1) is 30.6. The number of amides is 1. The number of hydrogen-bond acceptors (Lipinski definition) is 6. The van der Waals surface area contributed by atoms with E-state index < -0.39 is 0 Å². The molecule has 10 heteroatoms. The maximum absolute atomic E-state index is 13.9. The van der Waals surface area contributed by atoms with E-state index in [9.17, 15) is 14.8 Å². The second kappa shape index (κ2) is 13.0. The van der Waals surface area contributed by atoms with Crippen molar-refractivity contribution in [3.05, 3.63) is 118 Å². The summed E-state index contributed by atoms with van der Waals surface area (Å²) in [6.45, 7) is 0. The molecule has 2 aromatic heterocycles. The highest BCUT2D eigenvalue weighted by Gasteiger charge is 2.28. The van der Waals surface area contributed by atoms with Crippen LogP contribution in [0.25, 0.3) is 27.9 Å². The van der Waals surface area contributed by atoms with Gasteiger partial charge in [0, 0.05) is 45.8 Å². The van der Waals surface area contributed by atoms with Crippen molar-refractivity contribution in [2.75, 3.05) is 12.4 Å². The van der Waals surface area contributed by atoms with E-state index in [1.165, 1.54) is 7.11 Å². The molecule has 1 fully saturated rings. The standard InChI is InChI=1S/C37H34ClN5O4/c1-47-37(45)18-23-9-14-29-25-5-4-6-26(19-25)30(7-2-3-8-36(44)39-32(29)17-23)35-15-12-27(21-43(35)46)31-20-28(38)13-16-34(31)42-22-33(40-41-42)24-10-11-24/h4-6,9,12-17,19-22,24,30H,2-3,7-8,10-11,18H2,1H3,(H,39,44)/t30-/m0/s1. The monoisotopic (exact) mass is 647 g/mol. The van der Waals surface area contributed by atoms with Gasteiger partial charge in [0.15, 0.2) is 11.9 Å². The van der Waals surface area contributed by atoms with Crippen molar-refractivity contribution in [3.63, 3.8) is 0 Å². The van der Waals surface area contributed by atoms with Gasteiger partial charge in [-0.1, -0.05) is 59.6 Å². The molecule has 1 atom stereocenters. The maximum Gasteiger partial charge on any atom is 0.309 e. The van der Waals surface area contributed by atoms with Crippen molar-refractivity contribution in [3.8, 4) is 27.9 Å². The first-order valence-electron chi connectivity index (χ1n) is 15.9. The number of methoxy groups -OCH3 is 1. The molecule has 1 aliphatic heterocycles. The molecule has 7 rings (SSSR count). The van der Waals surface area contributed by atoms with Crippen molar-refractivity contribution in [1.29, 1.82) is 0 Å². The number of carbonyl (C=O) groups excluding carboxylic acids is 2. The second-order valence-corrected chi connectivity index (χ2v) is 12.7. The van der Waals surface area contributed by atoms with Crippen LogP contribution in [0.2, 0.25) is 5.02 Å². The van der Waals surface area contributed by atoms with Crippen molar-refractivity contribution < 1.29 is 19.1 Å². The Hall–Kier alpha value is -5.02. The number of ether oxygens (including phenoxy) is 1. The average Bonchev–Trinajstić information content (AvgIpc) is 3.81. The van der Waals surface area contributed by atoms with Gasteiger partial charge in [0.05, 0.1) is 37.0 Å². The van der Waals surface area contributed by atoms with Gasteiger partial charge in [0.1, 0.15) is 0 Å². The molecule has 1 aliphatic carbocycles. The Morgan fingerprint density at radius 2 is 1.89 bits per heavy atom. The number of benzene rings is 3. The largest absolute Gasteiger partial charge is 0.618 e. The first-order chi connectivity index (χ1) is 22.9. The summed E-state index contributed by atoms with van der Waals surface area (Å²) in [5, 5.41) is 26.2. The topological polar surface area (TPSA) is 113 Å². The summed E-state index contributed by atoms with van der Waals surface area (Å²) >= 11 is 6.44. The number of nitrogens with zero attached hydrogens (tertiary/aromatic N) is 4. The maximum atomic E-state index is 13.9. The zero-order valence-electron chi connectivity index (χ0n) is 26.0. The fourth-order valence-corrected chi connectivity index (χ4v) is 6.54. The number of fused-ring (bicyclic) bond motifs is 4. The van der Waals surface area contributed by atoms with Gasteiger partial charge in [0.25, 0.3) is 0 Å². The highest BCUT2D eigenvalue weighted by Crippen LogP contribution is 2.40. The predicted octanol–water partition coefficient (Wildman–Crippen LogP) is 7.13. The van der Waals surface area contributed by atoms with E-state index in [2.05, 4.69) is 27.8 Å². The van der Waals surface area contributed by atoms with Gasteiger partial charge in [-0.2, -0.15) is 4.73 Å². The molecule has 1 N–H and O–H groups in total. The molecule has 2 aliphatic rings. The summed E-state index contributed by atoms with van der Waals surface area (Å²) < 4.78 is 7.55. The van der Waals surface area contributed by atoms with Crippen LogP contribution in [-0.4, -0.2) is 34.0 Å².